The molecular formula is C19H18N2O4S. The summed E-state index contributed by atoms with van der Waals surface area (Å²) in [5.41, 5.74) is 1.16. The van der Waals surface area contributed by atoms with Crippen molar-refractivity contribution in [2.75, 3.05) is 0 Å². The Hall–Kier alpha value is -2.93. The summed E-state index contributed by atoms with van der Waals surface area (Å²) in [5, 5.41) is 9.47. The molecule has 0 saturated heterocycles. The third kappa shape index (κ3) is 3.67. The molecule has 1 heterocycles. The molecule has 26 heavy (non-hydrogen) atoms. The van der Waals surface area contributed by atoms with Crippen LogP contribution in [0.25, 0.3) is 10.9 Å². The molecule has 0 aliphatic rings. The second-order valence-corrected chi connectivity index (χ2v) is 6.58. The van der Waals surface area contributed by atoms with E-state index in [1.165, 1.54) is 22.8 Å². The zero-order valence-electron chi connectivity index (χ0n) is 14.4. The van der Waals surface area contributed by atoms with E-state index in [1.54, 1.807) is 0 Å². The van der Waals surface area contributed by atoms with Crippen LogP contribution in [0.15, 0.2) is 47.3 Å². The predicted molar refractivity (Wildman–Crippen MR) is 102 cm³/mol. The quantitative estimate of drug-likeness (QED) is 0.671. The molecule has 2 N–H and O–H groups in total. The van der Waals surface area contributed by atoms with Crippen molar-refractivity contribution in [1.29, 1.82) is 0 Å². The van der Waals surface area contributed by atoms with E-state index in [-0.39, 0.29) is 22.0 Å². The number of carboxylic acids is 1. The lowest BCUT2D eigenvalue weighted by Gasteiger charge is -2.11. The molecule has 3 aromatic rings. The molecule has 0 aliphatic heterocycles. The van der Waals surface area contributed by atoms with Crippen LogP contribution in [-0.4, -0.2) is 26.7 Å². The van der Waals surface area contributed by atoms with Crippen molar-refractivity contribution in [3.8, 4) is 5.75 Å². The first-order valence-corrected chi connectivity index (χ1v) is 8.52. The van der Waals surface area contributed by atoms with Gasteiger partial charge < -0.3 is 14.8 Å². The van der Waals surface area contributed by atoms with Gasteiger partial charge in [0.15, 0.2) is 4.77 Å². The predicted octanol–water partition coefficient (Wildman–Crippen LogP) is 3.59. The first-order chi connectivity index (χ1) is 12.3. The number of carbonyl (C=O) groups is 1. The number of carboxylic acid groups (broad SMARTS) is 1. The van der Waals surface area contributed by atoms with Crippen molar-refractivity contribution >= 4 is 29.1 Å². The van der Waals surface area contributed by atoms with Crippen molar-refractivity contribution in [2.24, 2.45) is 0 Å². The summed E-state index contributed by atoms with van der Waals surface area (Å²) >= 11 is 5.29. The summed E-state index contributed by atoms with van der Waals surface area (Å²) in [6.07, 6.45) is 0.0912. The Kier molecular flexibility index (Phi) is 4.90. The van der Waals surface area contributed by atoms with E-state index < -0.39 is 5.97 Å². The van der Waals surface area contributed by atoms with Gasteiger partial charge in [0.05, 0.1) is 29.1 Å². The molecule has 2 aromatic carbocycles. The summed E-state index contributed by atoms with van der Waals surface area (Å²) < 4.78 is 7.31. The number of H-pyrrole nitrogens is 1. The van der Waals surface area contributed by atoms with Gasteiger partial charge in [-0.05, 0) is 62.0 Å². The van der Waals surface area contributed by atoms with E-state index in [4.69, 9.17) is 22.1 Å². The van der Waals surface area contributed by atoms with Gasteiger partial charge >= 0.3 is 5.97 Å². The largest absolute Gasteiger partial charge is 0.491 e. The minimum atomic E-state index is -1.06. The summed E-state index contributed by atoms with van der Waals surface area (Å²) in [6.45, 7) is 4.22. The van der Waals surface area contributed by atoms with Gasteiger partial charge in [-0.3, -0.25) is 9.36 Å². The third-order valence-electron chi connectivity index (χ3n) is 3.86. The van der Waals surface area contributed by atoms with Gasteiger partial charge in [-0.1, -0.05) is 12.1 Å². The fraction of sp³-hybridized carbons (Fsp3) is 0.211. The molecule has 0 atom stereocenters. The fourth-order valence-corrected chi connectivity index (χ4v) is 2.92. The average molecular weight is 370 g/mol. The molecule has 1 aromatic heterocycles. The Bertz CT molecular complexity index is 1080. The maximum atomic E-state index is 12.8. The number of benzene rings is 2. The van der Waals surface area contributed by atoms with Crippen LogP contribution in [0, 0.1) is 4.77 Å². The SMILES string of the molecule is CC(C)Oc1ccc(Cn2c(=S)[nH]c3cc(C(=O)O)ccc3c2=O)cc1. The number of hydrogen-bond donors (Lipinski definition) is 2. The second kappa shape index (κ2) is 7.13. The van der Waals surface area contributed by atoms with Gasteiger partial charge in [-0.15, -0.1) is 0 Å². The maximum Gasteiger partial charge on any atom is 0.335 e. The molecule has 0 aliphatic carbocycles. The molecule has 0 fully saturated rings. The molecular weight excluding hydrogens is 352 g/mol. The lowest BCUT2D eigenvalue weighted by Crippen LogP contribution is -2.23. The van der Waals surface area contributed by atoms with Crippen molar-refractivity contribution in [2.45, 2.75) is 26.5 Å². The van der Waals surface area contributed by atoms with Gasteiger partial charge in [0.1, 0.15) is 5.75 Å². The Morgan fingerprint density at radius 1 is 1.23 bits per heavy atom. The minimum Gasteiger partial charge on any atom is -0.491 e. The van der Waals surface area contributed by atoms with Crippen molar-refractivity contribution in [3.63, 3.8) is 0 Å². The van der Waals surface area contributed by atoms with Gasteiger partial charge in [-0.25, -0.2) is 4.79 Å². The highest BCUT2D eigenvalue weighted by molar-refractivity contribution is 7.71. The molecule has 3 rings (SSSR count). The fourth-order valence-electron chi connectivity index (χ4n) is 2.66. The van der Waals surface area contributed by atoms with E-state index in [1.807, 2.05) is 38.1 Å². The minimum absolute atomic E-state index is 0.0912. The number of hydrogen-bond acceptors (Lipinski definition) is 4. The number of aromatic carboxylic acids is 1. The van der Waals surface area contributed by atoms with Crippen LogP contribution in [0.5, 0.6) is 5.75 Å². The number of nitrogens with one attached hydrogen (secondary N) is 1. The number of aromatic amines is 1. The average Bonchev–Trinajstić information content (AvgIpc) is 2.59. The Balaban J connectivity index is 1.98. The number of aromatic nitrogens is 2. The number of fused-ring (bicyclic) bond motifs is 1. The van der Waals surface area contributed by atoms with Crippen LogP contribution in [0.2, 0.25) is 0 Å². The lowest BCUT2D eigenvalue weighted by molar-refractivity contribution is 0.0697. The van der Waals surface area contributed by atoms with Crippen LogP contribution in [0.3, 0.4) is 0 Å². The number of ether oxygens (including phenoxy) is 1. The van der Waals surface area contributed by atoms with Gasteiger partial charge in [0.25, 0.3) is 5.56 Å². The molecule has 0 radical (unpaired) electrons. The zero-order chi connectivity index (χ0) is 18.8. The highest BCUT2D eigenvalue weighted by atomic mass is 32.1. The van der Waals surface area contributed by atoms with E-state index in [0.717, 1.165) is 11.3 Å². The van der Waals surface area contributed by atoms with Gasteiger partial charge in [-0.2, -0.15) is 0 Å². The number of nitrogens with zero attached hydrogens (tertiary/aromatic N) is 1. The van der Waals surface area contributed by atoms with E-state index in [2.05, 4.69) is 4.98 Å². The van der Waals surface area contributed by atoms with Gasteiger partial charge in [0, 0.05) is 0 Å². The second-order valence-electron chi connectivity index (χ2n) is 6.20. The smallest absolute Gasteiger partial charge is 0.335 e. The molecule has 134 valence electrons. The van der Waals surface area contributed by atoms with Crippen molar-refractivity contribution in [3.05, 3.63) is 68.7 Å². The molecule has 7 heteroatoms. The normalized spacial score (nSPS) is 11.0. The first kappa shape index (κ1) is 17.9. The van der Waals surface area contributed by atoms with Crippen LogP contribution >= 0.6 is 12.2 Å². The molecule has 0 unspecified atom stereocenters. The third-order valence-corrected chi connectivity index (χ3v) is 4.19. The Morgan fingerprint density at radius 2 is 1.92 bits per heavy atom. The molecule has 6 nitrogen and oxygen atoms in total. The molecule has 0 spiro atoms. The van der Waals surface area contributed by atoms with Crippen LogP contribution in [-0.2, 0) is 6.54 Å². The van der Waals surface area contributed by atoms with Gasteiger partial charge in [0.2, 0.25) is 0 Å². The Labute approximate surface area is 154 Å². The monoisotopic (exact) mass is 370 g/mol. The first-order valence-electron chi connectivity index (χ1n) is 8.11. The van der Waals surface area contributed by atoms with Crippen molar-refractivity contribution in [1.82, 2.24) is 9.55 Å². The summed E-state index contributed by atoms with van der Waals surface area (Å²) in [7, 11) is 0. The van der Waals surface area contributed by atoms with Crippen molar-refractivity contribution < 1.29 is 14.6 Å². The molecule has 0 bridgehead atoms. The summed E-state index contributed by atoms with van der Waals surface area (Å²) in [5.74, 6) is -0.292. The topological polar surface area (TPSA) is 84.3 Å². The van der Waals surface area contributed by atoms with Crippen LogP contribution in [0.4, 0.5) is 0 Å². The highest BCUT2D eigenvalue weighted by Gasteiger charge is 2.10. The van der Waals surface area contributed by atoms with E-state index in [9.17, 15) is 9.59 Å². The van der Waals surface area contributed by atoms with E-state index in [0.29, 0.717) is 17.4 Å². The zero-order valence-corrected chi connectivity index (χ0v) is 15.2. The van der Waals surface area contributed by atoms with E-state index >= 15 is 0 Å². The number of rotatable bonds is 5. The summed E-state index contributed by atoms with van der Waals surface area (Å²) in [6, 6.07) is 11.8. The Morgan fingerprint density at radius 3 is 2.54 bits per heavy atom. The summed E-state index contributed by atoms with van der Waals surface area (Å²) in [4.78, 5) is 26.8. The molecule has 0 amide bonds. The lowest BCUT2D eigenvalue weighted by atomic mass is 10.1. The maximum absolute atomic E-state index is 12.8. The van der Waals surface area contributed by atoms with Crippen LogP contribution < -0.4 is 10.3 Å². The highest BCUT2D eigenvalue weighted by Crippen LogP contribution is 2.15. The standard InChI is InChI=1S/C19H18N2O4S/c1-11(2)25-14-6-3-12(4-7-14)10-21-17(22)15-8-5-13(18(23)24)9-16(15)20-19(21)26/h3-9,11H,10H2,1-2H3,(H,20,26)(H,23,24). The molecule has 0 saturated carbocycles. The van der Waals surface area contributed by atoms with Crippen LogP contribution in [0.1, 0.15) is 29.8 Å².